The molecule has 1 aliphatic heterocycles. The van der Waals surface area contributed by atoms with Gasteiger partial charge in [-0.1, -0.05) is 101 Å². The van der Waals surface area contributed by atoms with Crippen molar-refractivity contribution in [1.29, 1.82) is 0 Å². The molecule has 2 heterocycles. The molecule has 0 saturated carbocycles. The lowest BCUT2D eigenvalue weighted by atomic mass is 9.65. The van der Waals surface area contributed by atoms with Crippen LogP contribution in [-0.4, -0.2) is 23.7 Å². The number of hydrogen-bond acceptors (Lipinski definition) is 3. The standard InChI is InChI=1S/C39H44N2O/c1-10-22-39(8,40-23-25(5)24(3)4)38(6,7)37-31-21-20-30-29-19-18-27-17-16-26-14-12-13-15-28(26)33(27)35(29)42-36(30)34(31)32(11-2)41(37)9/h10-21,23-25,37H,1,22H2,2-9H3/b32-11-,40-23?. The summed E-state index contributed by atoms with van der Waals surface area (Å²) >= 11 is 0. The van der Waals surface area contributed by atoms with Gasteiger partial charge in [0.05, 0.1) is 11.6 Å². The summed E-state index contributed by atoms with van der Waals surface area (Å²) in [6.45, 7) is 20.1. The summed E-state index contributed by atoms with van der Waals surface area (Å²) in [6.07, 6.45) is 7.26. The maximum absolute atomic E-state index is 6.98. The quantitative estimate of drug-likeness (QED) is 0.113. The van der Waals surface area contributed by atoms with Gasteiger partial charge in [0.2, 0.25) is 0 Å². The van der Waals surface area contributed by atoms with Crippen molar-refractivity contribution in [3.05, 3.63) is 90.5 Å². The molecule has 3 heteroatoms. The predicted octanol–water partition coefficient (Wildman–Crippen LogP) is 11.0. The first-order valence-electron chi connectivity index (χ1n) is 15.4. The van der Waals surface area contributed by atoms with Crippen molar-refractivity contribution < 1.29 is 4.42 Å². The highest BCUT2D eigenvalue weighted by Gasteiger charge is 2.51. The van der Waals surface area contributed by atoms with Gasteiger partial charge in [-0.05, 0) is 59.9 Å². The maximum Gasteiger partial charge on any atom is 0.145 e. The van der Waals surface area contributed by atoms with Crippen LogP contribution in [0.1, 0.15) is 72.1 Å². The molecule has 3 atom stereocenters. The number of benzene rings is 4. The topological polar surface area (TPSA) is 28.7 Å². The van der Waals surface area contributed by atoms with Gasteiger partial charge in [0, 0.05) is 46.1 Å². The van der Waals surface area contributed by atoms with Crippen molar-refractivity contribution in [1.82, 2.24) is 4.90 Å². The number of allylic oxidation sites excluding steroid dienone is 1. The van der Waals surface area contributed by atoms with E-state index >= 15 is 0 Å². The first-order valence-corrected chi connectivity index (χ1v) is 15.4. The molecule has 1 aromatic heterocycles. The van der Waals surface area contributed by atoms with Crippen LogP contribution in [0.25, 0.3) is 49.2 Å². The molecular formula is C39H44N2O. The summed E-state index contributed by atoms with van der Waals surface area (Å²) in [5.74, 6) is 0.953. The Morgan fingerprint density at radius 3 is 2.29 bits per heavy atom. The van der Waals surface area contributed by atoms with Crippen LogP contribution in [0.5, 0.6) is 0 Å². The predicted molar refractivity (Wildman–Crippen MR) is 182 cm³/mol. The van der Waals surface area contributed by atoms with Crippen LogP contribution in [0.15, 0.2) is 88.8 Å². The van der Waals surface area contributed by atoms with E-state index in [2.05, 4.69) is 140 Å². The number of nitrogens with zero attached hydrogens (tertiary/aromatic N) is 2. The third-order valence-electron chi connectivity index (χ3n) is 10.4. The first kappa shape index (κ1) is 28.3. The van der Waals surface area contributed by atoms with Crippen LogP contribution in [0.3, 0.4) is 0 Å². The summed E-state index contributed by atoms with van der Waals surface area (Å²) in [5, 5.41) is 7.18. The summed E-state index contributed by atoms with van der Waals surface area (Å²) in [5.41, 5.74) is 5.11. The molecule has 0 radical (unpaired) electrons. The molecule has 3 unspecified atom stereocenters. The molecule has 0 bridgehead atoms. The van der Waals surface area contributed by atoms with E-state index in [9.17, 15) is 0 Å². The second-order valence-corrected chi connectivity index (χ2v) is 13.4. The van der Waals surface area contributed by atoms with Crippen molar-refractivity contribution in [2.75, 3.05) is 7.05 Å². The van der Waals surface area contributed by atoms with E-state index in [1.165, 1.54) is 49.1 Å². The van der Waals surface area contributed by atoms with Crippen molar-refractivity contribution in [2.24, 2.45) is 22.2 Å². The molecule has 1 aliphatic rings. The molecule has 0 fully saturated rings. The Morgan fingerprint density at radius 1 is 0.905 bits per heavy atom. The minimum atomic E-state index is -0.338. The lowest BCUT2D eigenvalue weighted by Gasteiger charge is -2.48. The van der Waals surface area contributed by atoms with E-state index in [4.69, 9.17) is 9.41 Å². The van der Waals surface area contributed by atoms with Crippen LogP contribution < -0.4 is 0 Å². The van der Waals surface area contributed by atoms with Gasteiger partial charge in [-0.2, -0.15) is 0 Å². The van der Waals surface area contributed by atoms with Gasteiger partial charge in [0.15, 0.2) is 0 Å². The Labute approximate surface area is 250 Å². The number of aliphatic imine (C=N–C) groups is 1. The lowest BCUT2D eigenvalue weighted by molar-refractivity contribution is 0.0832. The van der Waals surface area contributed by atoms with E-state index < -0.39 is 0 Å². The van der Waals surface area contributed by atoms with E-state index in [1.807, 2.05) is 6.08 Å². The normalized spacial score (nSPS) is 19.1. The molecule has 0 aliphatic carbocycles. The zero-order chi connectivity index (χ0) is 30.0. The van der Waals surface area contributed by atoms with Crippen molar-refractivity contribution in [3.8, 4) is 0 Å². The Kier molecular flexibility index (Phi) is 6.84. The molecule has 4 aromatic carbocycles. The van der Waals surface area contributed by atoms with Gasteiger partial charge < -0.3 is 9.32 Å². The highest BCUT2D eigenvalue weighted by Crippen LogP contribution is 2.57. The molecule has 3 nitrogen and oxygen atoms in total. The molecule has 0 saturated heterocycles. The fraction of sp³-hybridized carbons (Fsp3) is 0.359. The van der Waals surface area contributed by atoms with Crippen LogP contribution in [-0.2, 0) is 0 Å². The second-order valence-electron chi connectivity index (χ2n) is 13.4. The average Bonchev–Trinajstić information content (AvgIpc) is 3.50. The maximum atomic E-state index is 6.98. The minimum Gasteiger partial charge on any atom is -0.455 e. The van der Waals surface area contributed by atoms with E-state index in [1.54, 1.807) is 0 Å². The third kappa shape index (κ3) is 4.04. The van der Waals surface area contributed by atoms with Gasteiger partial charge in [-0.25, -0.2) is 0 Å². The summed E-state index contributed by atoms with van der Waals surface area (Å²) < 4.78 is 6.98. The van der Waals surface area contributed by atoms with Crippen LogP contribution >= 0.6 is 0 Å². The largest absolute Gasteiger partial charge is 0.455 e. The Balaban J connectivity index is 1.59. The fourth-order valence-electron chi connectivity index (χ4n) is 7.15. The first-order chi connectivity index (χ1) is 20.0. The Bertz CT molecular complexity index is 1900. The van der Waals surface area contributed by atoms with Gasteiger partial charge >= 0.3 is 0 Å². The number of furan rings is 1. The van der Waals surface area contributed by atoms with Crippen molar-refractivity contribution in [2.45, 2.75) is 66.5 Å². The average molecular weight is 557 g/mol. The zero-order valence-corrected chi connectivity index (χ0v) is 26.5. The molecule has 5 aromatic rings. The fourth-order valence-corrected chi connectivity index (χ4v) is 7.15. The smallest absolute Gasteiger partial charge is 0.145 e. The van der Waals surface area contributed by atoms with Crippen molar-refractivity contribution >= 4 is 55.4 Å². The Hall–Kier alpha value is -3.85. The SMILES string of the molecule is C=CCC(C)(N=CC(C)C(C)C)C(C)(C)C1c2ccc3c(oc4c3ccc3ccc5ccccc5c34)c2/C(=C/C)N1C. The van der Waals surface area contributed by atoms with Crippen LogP contribution in [0.4, 0.5) is 0 Å². The second kappa shape index (κ2) is 10.2. The highest BCUT2D eigenvalue weighted by molar-refractivity contribution is 6.23. The molecule has 42 heavy (non-hydrogen) atoms. The number of rotatable bonds is 7. The third-order valence-corrected chi connectivity index (χ3v) is 10.4. The van der Waals surface area contributed by atoms with Crippen LogP contribution in [0.2, 0.25) is 0 Å². The van der Waals surface area contributed by atoms with Crippen molar-refractivity contribution in [3.63, 3.8) is 0 Å². The van der Waals surface area contributed by atoms with Gasteiger partial charge in [0.1, 0.15) is 11.2 Å². The Morgan fingerprint density at radius 2 is 1.57 bits per heavy atom. The van der Waals surface area contributed by atoms with Gasteiger partial charge in [0.25, 0.3) is 0 Å². The minimum absolute atomic E-state index is 0.116. The summed E-state index contributed by atoms with van der Waals surface area (Å²) in [6, 6.07) is 22.2. The number of hydrogen-bond donors (Lipinski definition) is 0. The van der Waals surface area contributed by atoms with E-state index in [-0.39, 0.29) is 17.0 Å². The van der Waals surface area contributed by atoms with E-state index in [0.29, 0.717) is 11.8 Å². The lowest BCUT2D eigenvalue weighted by Crippen LogP contribution is -2.47. The molecule has 0 N–H and O–H groups in total. The monoisotopic (exact) mass is 556 g/mol. The van der Waals surface area contributed by atoms with Gasteiger partial charge in [-0.15, -0.1) is 6.58 Å². The van der Waals surface area contributed by atoms with Crippen LogP contribution in [0, 0.1) is 17.3 Å². The molecule has 216 valence electrons. The molecule has 0 amide bonds. The zero-order valence-electron chi connectivity index (χ0n) is 26.5. The molecule has 0 spiro atoms. The van der Waals surface area contributed by atoms with Gasteiger partial charge in [-0.3, -0.25) is 4.99 Å². The van der Waals surface area contributed by atoms with E-state index in [0.717, 1.165) is 17.6 Å². The summed E-state index contributed by atoms with van der Waals surface area (Å²) in [7, 11) is 2.23. The number of fused-ring (bicyclic) bond motifs is 9. The molecule has 6 rings (SSSR count). The summed E-state index contributed by atoms with van der Waals surface area (Å²) in [4.78, 5) is 7.79. The molecular weight excluding hydrogens is 512 g/mol. The highest BCUT2D eigenvalue weighted by atomic mass is 16.3.